The molecule has 1 atom stereocenters. The summed E-state index contributed by atoms with van der Waals surface area (Å²) < 4.78 is 4.79. The van der Waals surface area contributed by atoms with E-state index >= 15 is 0 Å². The Morgan fingerprint density at radius 2 is 2.15 bits per heavy atom. The zero-order chi connectivity index (χ0) is 14.3. The summed E-state index contributed by atoms with van der Waals surface area (Å²) in [6.07, 6.45) is 2.44. The van der Waals surface area contributed by atoms with Crippen molar-refractivity contribution in [1.29, 1.82) is 0 Å². The molecule has 0 spiro atoms. The molecule has 1 saturated heterocycles. The second kappa shape index (κ2) is 4.90. The molecule has 1 aliphatic heterocycles. The van der Waals surface area contributed by atoms with Gasteiger partial charge in [0.25, 0.3) is 5.56 Å². The smallest absolute Gasteiger partial charge is 0.325 e. The van der Waals surface area contributed by atoms with Gasteiger partial charge in [0, 0.05) is 19.6 Å². The summed E-state index contributed by atoms with van der Waals surface area (Å²) in [5, 5.41) is 3.20. The van der Waals surface area contributed by atoms with Crippen LogP contribution in [-0.4, -0.2) is 31.8 Å². The first-order valence-electron chi connectivity index (χ1n) is 7.09. The maximum atomic E-state index is 12.7. The van der Waals surface area contributed by atoms with Gasteiger partial charge in [0.05, 0.1) is 12.4 Å². The fourth-order valence-electron chi connectivity index (χ4n) is 2.92. The third-order valence-electron chi connectivity index (χ3n) is 3.99. The lowest BCUT2D eigenvalue weighted by Crippen LogP contribution is -2.43. The van der Waals surface area contributed by atoms with Gasteiger partial charge in [-0.05, 0) is 26.8 Å². The Bertz CT molecular complexity index is 748. The van der Waals surface area contributed by atoms with E-state index < -0.39 is 0 Å². The predicted molar refractivity (Wildman–Crippen MR) is 76.1 cm³/mol. The normalized spacial score (nSPS) is 19.0. The molecule has 0 radical (unpaired) electrons. The molecule has 1 unspecified atom stereocenters. The van der Waals surface area contributed by atoms with Gasteiger partial charge >= 0.3 is 5.69 Å². The van der Waals surface area contributed by atoms with Crippen LogP contribution >= 0.6 is 0 Å². The molecule has 1 N–H and O–H groups in total. The Kier molecular flexibility index (Phi) is 3.21. The van der Waals surface area contributed by atoms with Crippen molar-refractivity contribution in [2.24, 2.45) is 0 Å². The summed E-state index contributed by atoms with van der Waals surface area (Å²) in [6.45, 7) is 6.54. The lowest BCUT2D eigenvalue weighted by Gasteiger charge is -2.15. The molecule has 2 aromatic rings. The van der Waals surface area contributed by atoms with E-state index in [9.17, 15) is 9.59 Å². The highest BCUT2D eigenvalue weighted by Crippen LogP contribution is 2.13. The largest absolute Gasteiger partial charge is 0.333 e. The summed E-state index contributed by atoms with van der Waals surface area (Å²) in [4.78, 5) is 29.5. The molecular formula is C13H19N5O2. The second-order valence-electron chi connectivity index (χ2n) is 5.05. The minimum Gasteiger partial charge on any atom is -0.325 e. The predicted octanol–water partition coefficient (Wildman–Crippen LogP) is -0.0661. The SMILES string of the molecule is CCn1cnc2c1c(=O)n(C1CCNC1)c(=O)n2CC. The zero-order valence-electron chi connectivity index (χ0n) is 11.8. The van der Waals surface area contributed by atoms with Crippen LogP contribution in [-0.2, 0) is 13.1 Å². The third kappa shape index (κ3) is 1.73. The number of nitrogens with zero attached hydrogens (tertiary/aromatic N) is 4. The van der Waals surface area contributed by atoms with E-state index in [2.05, 4.69) is 10.3 Å². The van der Waals surface area contributed by atoms with Gasteiger partial charge in [0.15, 0.2) is 11.2 Å². The molecule has 0 amide bonds. The van der Waals surface area contributed by atoms with E-state index in [-0.39, 0.29) is 17.3 Å². The number of hydrogen-bond donors (Lipinski definition) is 1. The fraction of sp³-hybridized carbons (Fsp3) is 0.615. The van der Waals surface area contributed by atoms with Crippen LogP contribution in [0.1, 0.15) is 26.3 Å². The van der Waals surface area contributed by atoms with Crippen molar-refractivity contribution in [2.75, 3.05) is 13.1 Å². The van der Waals surface area contributed by atoms with Crippen LogP contribution in [0.25, 0.3) is 11.2 Å². The topological polar surface area (TPSA) is 73.8 Å². The average Bonchev–Trinajstić information content (AvgIpc) is 3.08. The van der Waals surface area contributed by atoms with Crippen LogP contribution in [0, 0.1) is 0 Å². The first-order chi connectivity index (χ1) is 9.69. The van der Waals surface area contributed by atoms with Gasteiger partial charge in [-0.1, -0.05) is 0 Å². The van der Waals surface area contributed by atoms with Gasteiger partial charge < -0.3 is 9.88 Å². The zero-order valence-corrected chi connectivity index (χ0v) is 11.8. The average molecular weight is 277 g/mol. The minimum absolute atomic E-state index is 0.0580. The number of hydrogen-bond acceptors (Lipinski definition) is 4. The van der Waals surface area contributed by atoms with Crippen molar-refractivity contribution in [2.45, 2.75) is 39.4 Å². The van der Waals surface area contributed by atoms with E-state index in [1.807, 2.05) is 18.4 Å². The van der Waals surface area contributed by atoms with E-state index in [0.29, 0.717) is 30.8 Å². The second-order valence-corrected chi connectivity index (χ2v) is 5.05. The lowest BCUT2D eigenvalue weighted by atomic mass is 10.2. The van der Waals surface area contributed by atoms with Crippen molar-refractivity contribution < 1.29 is 0 Å². The van der Waals surface area contributed by atoms with Gasteiger partial charge in [-0.2, -0.15) is 0 Å². The molecule has 20 heavy (non-hydrogen) atoms. The van der Waals surface area contributed by atoms with E-state index in [1.165, 1.54) is 4.57 Å². The van der Waals surface area contributed by atoms with E-state index in [4.69, 9.17) is 0 Å². The summed E-state index contributed by atoms with van der Waals surface area (Å²) in [7, 11) is 0. The number of fused-ring (bicyclic) bond motifs is 1. The molecule has 2 aromatic heterocycles. The quantitative estimate of drug-likeness (QED) is 0.852. The standard InChI is InChI=1S/C13H19N5O2/c1-3-16-8-15-11-10(16)12(19)18(9-5-6-14-7-9)13(20)17(11)4-2/h8-9,14H,3-7H2,1-2H3. The Hall–Kier alpha value is -1.89. The molecule has 0 aromatic carbocycles. The first kappa shape index (κ1) is 13.1. The van der Waals surface area contributed by atoms with Crippen LogP contribution in [0.5, 0.6) is 0 Å². The molecule has 108 valence electrons. The minimum atomic E-state index is -0.250. The van der Waals surface area contributed by atoms with E-state index in [0.717, 1.165) is 13.0 Å². The molecule has 3 rings (SSSR count). The maximum Gasteiger partial charge on any atom is 0.333 e. The van der Waals surface area contributed by atoms with Crippen LogP contribution in [0.2, 0.25) is 0 Å². The first-order valence-corrected chi connectivity index (χ1v) is 7.09. The van der Waals surface area contributed by atoms with Crippen LogP contribution < -0.4 is 16.6 Å². The maximum absolute atomic E-state index is 12.7. The molecule has 0 aliphatic carbocycles. The number of nitrogens with one attached hydrogen (secondary N) is 1. The molecule has 3 heterocycles. The van der Waals surface area contributed by atoms with Gasteiger partial charge in [-0.3, -0.25) is 13.9 Å². The Labute approximate surface area is 115 Å². The van der Waals surface area contributed by atoms with Gasteiger partial charge in [0.1, 0.15) is 0 Å². The number of aryl methyl sites for hydroxylation is 2. The molecule has 0 bridgehead atoms. The van der Waals surface area contributed by atoms with Crippen LogP contribution in [0.3, 0.4) is 0 Å². The lowest BCUT2D eigenvalue weighted by molar-refractivity contribution is 0.483. The van der Waals surface area contributed by atoms with Gasteiger partial charge in [-0.25, -0.2) is 9.78 Å². The van der Waals surface area contributed by atoms with E-state index in [1.54, 1.807) is 10.9 Å². The number of imidazole rings is 1. The molecular weight excluding hydrogens is 258 g/mol. The van der Waals surface area contributed by atoms with Crippen molar-refractivity contribution in [1.82, 2.24) is 24.0 Å². The van der Waals surface area contributed by atoms with Gasteiger partial charge in [-0.15, -0.1) is 0 Å². The number of aromatic nitrogens is 4. The van der Waals surface area contributed by atoms with Crippen molar-refractivity contribution in [3.63, 3.8) is 0 Å². The summed E-state index contributed by atoms with van der Waals surface area (Å²) in [5.74, 6) is 0. The Balaban J connectivity index is 2.39. The van der Waals surface area contributed by atoms with Crippen LogP contribution in [0.15, 0.2) is 15.9 Å². The Morgan fingerprint density at radius 3 is 2.75 bits per heavy atom. The summed E-state index contributed by atoms with van der Waals surface area (Å²) >= 11 is 0. The van der Waals surface area contributed by atoms with Crippen molar-refractivity contribution in [3.8, 4) is 0 Å². The summed E-state index contributed by atoms with van der Waals surface area (Å²) in [5.41, 5.74) is 0.551. The summed E-state index contributed by atoms with van der Waals surface area (Å²) in [6, 6.07) is -0.0580. The highest BCUT2D eigenvalue weighted by atomic mass is 16.2. The molecule has 0 saturated carbocycles. The highest BCUT2D eigenvalue weighted by molar-refractivity contribution is 5.70. The highest BCUT2D eigenvalue weighted by Gasteiger charge is 2.24. The van der Waals surface area contributed by atoms with Crippen molar-refractivity contribution >= 4 is 11.2 Å². The van der Waals surface area contributed by atoms with Gasteiger partial charge in [0.2, 0.25) is 0 Å². The third-order valence-corrected chi connectivity index (χ3v) is 3.99. The van der Waals surface area contributed by atoms with Crippen molar-refractivity contribution in [3.05, 3.63) is 27.2 Å². The Morgan fingerprint density at radius 1 is 1.35 bits per heavy atom. The fourth-order valence-corrected chi connectivity index (χ4v) is 2.92. The monoisotopic (exact) mass is 277 g/mol. The molecule has 1 fully saturated rings. The number of rotatable bonds is 3. The molecule has 7 heteroatoms. The molecule has 1 aliphatic rings. The molecule has 7 nitrogen and oxygen atoms in total. The van der Waals surface area contributed by atoms with Crippen LogP contribution in [0.4, 0.5) is 0 Å².